The van der Waals surface area contributed by atoms with Crippen molar-refractivity contribution < 1.29 is 18.7 Å². The van der Waals surface area contributed by atoms with E-state index in [1.54, 1.807) is 43.5 Å². The zero-order valence-corrected chi connectivity index (χ0v) is 16.5. The van der Waals surface area contributed by atoms with E-state index in [1.165, 1.54) is 18.0 Å². The predicted octanol–water partition coefficient (Wildman–Crippen LogP) is 4.70. The molecule has 2 aromatic rings. The molecule has 0 atom stereocenters. The van der Waals surface area contributed by atoms with Gasteiger partial charge in [0.15, 0.2) is 0 Å². The number of ether oxygens (including phenoxy) is 2. The van der Waals surface area contributed by atoms with Gasteiger partial charge in [-0.1, -0.05) is 30.9 Å². The van der Waals surface area contributed by atoms with Gasteiger partial charge in [-0.25, -0.2) is 14.4 Å². The van der Waals surface area contributed by atoms with E-state index in [-0.39, 0.29) is 30.8 Å². The predicted molar refractivity (Wildman–Crippen MR) is 112 cm³/mol. The molecule has 6 nitrogen and oxygen atoms in total. The van der Waals surface area contributed by atoms with Crippen molar-refractivity contribution in [3.63, 3.8) is 0 Å². The first-order valence-electron chi connectivity index (χ1n) is 9.09. The maximum absolute atomic E-state index is 12.6. The first kappa shape index (κ1) is 21.8. The zero-order valence-electron chi connectivity index (χ0n) is 16.5. The molecule has 0 saturated carbocycles. The van der Waals surface area contributed by atoms with E-state index >= 15 is 0 Å². The molecule has 1 heterocycles. The standard InChI is InChI=1S/C22H24FN3O3/c1-4-18(21(24-5-2)28-15-13-23)16-26(17(3)27)20-12-9-14-25-22(20)29-19-10-7-6-8-11-19/h4-12,14H,2,13,15-16H2,1,3H3/b18-4-,24-21+. The van der Waals surface area contributed by atoms with Gasteiger partial charge in [-0.15, -0.1) is 0 Å². The molecule has 0 radical (unpaired) electrons. The van der Waals surface area contributed by atoms with Gasteiger partial charge in [0.25, 0.3) is 0 Å². The van der Waals surface area contributed by atoms with Crippen LogP contribution in [0.3, 0.4) is 0 Å². The number of rotatable bonds is 9. The van der Waals surface area contributed by atoms with Gasteiger partial charge in [-0.05, 0) is 31.2 Å². The van der Waals surface area contributed by atoms with Gasteiger partial charge in [0.2, 0.25) is 17.7 Å². The molecule has 0 spiro atoms. The van der Waals surface area contributed by atoms with E-state index in [2.05, 4.69) is 16.6 Å². The van der Waals surface area contributed by atoms with Gasteiger partial charge >= 0.3 is 0 Å². The van der Waals surface area contributed by atoms with Crippen molar-refractivity contribution in [3.05, 3.63) is 73.1 Å². The van der Waals surface area contributed by atoms with Gasteiger partial charge < -0.3 is 14.4 Å². The van der Waals surface area contributed by atoms with E-state index in [0.29, 0.717) is 17.0 Å². The molecule has 1 aromatic heterocycles. The highest BCUT2D eigenvalue weighted by atomic mass is 19.1. The number of alkyl halides is 1. The van der Waals surface area contributed by atoms with Crippen LogP contribution in [0.1, 0.15) is 13.8 Å². The van der Waals surface area contributed by atoms with Crippen LogP contribution >= 0.6 is 0 Å². The van der Waals surface area contributed by atoms with Crippen LogP contribution in [0.2, 0.25) is 0 Å². The molecule has 0 bridgehead atoms. The van der Waals surface area contributed by atoms with Crippen LogP contribution < -0.4 is 9.64 Å². The number of aromatic nitrogens is 1. The van der Waals surface area contributed by atoms with Crippen LogP contribution in [0.15, 0.2) is 78.1 Å². The van der Waals surface area contributed by atoms with Crippen LogP contribution in [0, 0.1) is 0 Å². The summed E-state index contributed by atoms with van der Waals surface area (Å²) in [5.41, 5.74) is 1.09. The Balaban J connectivity index is 2.35. The number of nitrogens with zero attached hydrogens (tertiary/aromatic N) is 3. The number of pyridine rings is 1. The number of benzene rings is 1. The van der Waals surface area contributed by atoms with Crippen LogP contribution in [0.5, 0.6) is 11.6 Å². The second kappa shape index (κ2) is 11.4. The van der Waals surface area contributed by atoms with E-state index in [4.69, 9.17) is 9.47 Å². The Morgan fingerprint density at radius 1 is 1.28 bits per heavy atom. The monoisotopic (exact) mass is 397 g/mol. The summed E-state index contributed by atoms with van der Waals surface area (Å²) in [5, 5.41) is 0. The second-order valence-corrected chi connectivity index (χ2v) is 5.82. The lowest BCUT2D eigenvalue weighted by Gasteiger charge is -2.24. The van der Waals surface area contributed by atoms with Gasteiger partial charge in [-0.3, -0.25) is 4.79 Å². The Morgan fingerprint density at radius 2 is 2.03 bits per heavy atom. The topological polar surface area (TPSA) is 64.0 Å². The molecule has 1 amide bonds. The number of carbonyl (C=O) groups is 1. The van der Waals surface area contributed by atoms with Gasteiger partial charge in [0.05, 0.1) is 6.54 Å². The maximum atomic E-state index is 12.6. The van der Waals surface area contributed by atoms with Crippen LogP contribution in [-0.2, 0) is 9.53 Å². The van der Waals surface area contributed by atoms with Crippen molar-refractivity contribution in [1.29, 1.82) is 0 Å². The van der Waals surface area contributed by atoms with Crippen molar-refractivity contribution in [3.8, 4) is 11.6 Å². The Hall–Kier alpha value is -3.48. The Morgan fingerprint density at radius 3 is 2.66 bits per heavy atom. The molecular formula is C22H24FN3O3. The molecule has 29 heavy (non-hydrogen) atoms. The molecular weight excluding hydrogens is 373 g/mol. The number of halogens is 1. The van der Waals surface area contributed by atoms with E-state index in [0.717, 1.165) is 0 Å². The summed E-state index contributed by atoms with van der Waals surface area (Å²) in [4.78, 5) is 22.3. The highest BCUT2D eigenvalue weighted by molar-refractivity contribution is 5.99. The number of allylic oxidation sites excluding steroid dienone is 1. The molecule has 2 rings (SSSR count). The lowest BCUT2D eigenvalue weighted by molar-refractivity contribution is -0.116. The normalized spacial score (nSPS) is 11.7. The van der Waals surface area contributed by atoms with E-state index < -0.39 is 6.67 Å². The number of para-hydroxylation sites is 1. The molecule has 152 valence electrons. The summed E-state index contributed by atoms with van der Waals surface area (Å²) in [6.45, 7) is 6.14. The van der Waals surface area contributed by atoms with Crippen LogP contribution in [-0.4, -0.2) is 36.6 Å². The average molecular weight is 397 g/mol. The summed E-state index contributed by atoms with van der Waals surface area (Å²) in [6.07, 6.45) is 4.65. The van der Waals surface area contributed by atoms with Crippen molar-refractivity contribution in [2.75, 3.05) is 24.7 Å². The van der Waals surface area contributed by atoms with Crippen molar-refractivity contribution in [2.45, 2.75) is 13.8 Å². The fourth-order valence-corrected chi connectivity index (χ4v) is 2.52. The van der Waals surface area contributed by atoms with Crippen molar-refractivity contribution in [1.82, 2.24) is 4.98 Å². The zero-order chi connectivity index (χ0) is 21.1. The Bertz CT molecular complexity index is 882. The lowest BCUT2D eigenvalue weighted by Crippen LogP contribution is -2.33. The molecule has 0 aliphatic carbocycles. The molecule has 0 N–H and O–H groups in total. The van der Waals surface area contributed by atoms with Crippen LogP contribution in [0.25, 0.3) is 0 Å². The van der Waals surface area contributed by atoms with Crippen molar-refractivity contribution in [2.24, 2.45) is 4.99 Å². The molecule has 1 aromatic carbocycles. The number of aliphatic imine (C=N–C) groups is 1. The minimum absolute atomic E-state index is 0.140. The molecule has 0 saturated heterocycles. The first-order valence-corrected chi connectivity index (χ1v) is 9.09. The second-order valence-electron chi connectivity index (χ2n) is 5.82. The smallest absolute Gasteiger partial charge is 0.243 e. The summed E-state index contributed by atoms with van der Waals surface area (Å²) in [6, 6.07) is 12.6. The first-order chi connectivity index (χ1) is 14.1. The van der Waals surface area contributed by atoms with Gasteiger partial charge in [0, 0.05) is 24.9 Å². The van der Waals surface area contributed by atoms with E-state index in [9.17, 15) is 9.18 Å². The van der Waals surface area contributed by atoms with Crippen molar-refractivity contribution >= 4 is 17.5 Å². The third-order valence-corrected chi connectivity index (χ3v) is 3.86. The highest BCUT2D eigenvalue weighted by Gasteiger charge is 2.21. The summed E-state index contributed by atoms with van der Waals surface area (Å²) in [5.74, 6) is 0.873. The lowest BCUT2D eigenvalue weighted by atomic mass is 10.2. The molecule has 0 aliphatic rings. The quantitative estimate of drug-likeness (QED) is 0.454. The summed E-state index contributed by atoms with van der Waals surface area (Å²) in [7, 11) is 0. The largest absolute Gasteiger partial charge is 0.475 e. The molecule has 0 fully saturated rings. The van der Waals surface area contributed by atoms with E-state index in [1.807, 2.05) is 18.2 Å². The minimum Gasteiger partial charge on any atom is -0.475 e. The summed E-state index contributed by atoms with van der Waals surface area (Å²) < 4.78 is 23.8. The minimum atomic E-state index is -0.652. The number of hydrogen-bond acceptors (Lipinski definition) is 5. The van der Waals surface area contributed by atoms with Crippen LogP contribution in [0.4, 0.5) is 10.1 Å². The fourth-order valence-electron chi connectivity index (χ4n) is 2.52. The number of amides is 1. The fraction of sp³-hybridized carbons (Fsp3) is 0.227. The maximum Gasteiger partial charge on any atom is 0.243 e. The highest BCUT2D eigenvalue weighted by Crippen LogP contribution is 2.30. The number of hydrogen-bond donors (Lipinski definition) is 0. The number of anilines is 1. The third-order valence-electron chi connectivity index (χ3n) is 3.86. The number of carbonyl (C=O) groups excluding carboxylic acids is 1. The Kier molecular flexibility index (Phi) is 8.56. The summed E-state index contributed by atoms with van der Waals surface area (Å²) >= 11 is 0. The Labute approximate surface area is 170 Å². The van der Waals surface area contributed by atoms with Gasteiger partial charge in [0.1, 0.15) is 24.7 Å². The molecule has 7 heteroatoms. The van der Waals surface area contributed by atoms with Gasteiger partial charge in [-0.2, -0.15) is 0 Å². The average Bonchev–Trinajstić information content (AvgIpc) is 2.73. The third kappa shape index (κ3) is 6.27. The molecule has 0 unspecified atom stereocenters. The SMILES string of the molecule is C=C/N=C(OCCF)\C(=C/C)CN(C(C)=O)c1cccnc1Oc1ccccc1. The molecule has 0 aliphatic heterocycles.